The number of hydrogen-bond acceptors (Lipinski definition) is 5. The monoisotopic (exact) mass is 393 g/mol. The number of nitrogens with one attached hydrogen (secondary N) is 2. The largest absolute Gasteiger partial charge is 0.494 e. The molecule has 1 amide bonds. The molecule has 2 N–H and O–H groups in total. The van der Waals surface area contributed by atoms with Gasteiger partial charge in [-0.15, -0.1) is 0 Å². The van der Waals surface area contributed by atoms with E-state index in [4.69, 9.17) is 9.47 Å². The van der Waals surface area contributed by atoms with Crippen molar-refractivity contribution in [2.45, 2.75) is 26.4 Å². The molecular weight excluding hydrogens is 370 g/mol. The minimum Gasteiger partial charge on any atom is -0.494 e. The van der Waals surface area contributed by atoms with Crippen LogP contribution in [0.2, 0.25) is 0 Å². The van der Waals surface area contributed by atoms with Gasteiger partial charge in [0.25, 0.3) is 5.91 Å². The SMILES string of the molecule is CCOc1ccc(NC(=O)C(CC)OC(=O)c2ccc(-c3ncc[nH]3)cc2)cc1. The Morgan fingerprint density at radius 3 is 2.38 bits per heavy atom. The highest BCUT2D eigenvalue weighted by Crippen LogP contribution is 2.18. The molecule has 0 fully saturated rings. The van der Waals surface area contributed by atoms with Gasteiger partial charge in [-0.1, -0.05) is 19.1 Å². The molecule has 0 aliphatic heterocycles. The summed E-state index contributed by atoms with van der Waals surface area (Å²) in [4.78, 5) is 32.1. The van der Waals surface area contributed by atoms with E-state index in [-0.39, 0.29) is 5.91 Å². The molecule has 7 nitrogen and oxygen atoms in total. The smallest absolute Gasteiger partial charge is 0.338 e. The first-order valence-electron chi connectivity index (χ1n) is 9.45. The minimum absolute atomic E-state index is 0.360. The fraction of sp³-hybridized carbons (Fsp3) is 0.227. The number of rotatable bonds is 8. The van der Waals surface area contributed by atoms with Gasteiger partial charge < -0.3 is 19.8 Å². The number of anilines is 1. The van der Waals surface area contributed by atoms with Gasteiger partial charge in [0.05, 0.1) is 12.2 Å². The molecule has 2 aromatic carbocycles. The summed E-state index contributed by atoms with van der Waals surface area (Å²) in [5, 5.41) is 2.76. The predicted molar refractivity (Wildman–Crippen MR) is 110 cm³/mol. The molecule has 7 heteroatoms. The van der Waals surface area contributed by atoms with E-state index in [9.17, 15) is 9.59 Å². The summed E-state index contributed by atoms with van der Waals surface area (Å²) in [5.74, 6) is 0.509. The van der Waals surface area contributed by atoms with Crippen molar-refractivity contribution in [1.29, 1.82) is 0 Å². The zero-order valence-electron chi connectivity index (χ0n) is 16.3. The summed E-state index contributed by atoms with van der Waals surface area (Å²) < 4.78 is 10.8. The van der Waals surface area contributed by atoms with Crippen molar-refractivity contribution < 1.29 is 19.1 Å². The van der Waals surface area contributed by atoms with Crippen LogP contribution in [-0.4, -0.2) is 34.6 Å². The van der Waals surface area contributed by atoms with Crippen LogP contribution in [0.4, 0.5) is 5.69 Å². The predicted octanol–water partition coefficient (Wildman–Crippen LogP) is 4.05. The van der Waals surface area contributed by atoms with Crippen LogP contribution >= 0.6 is 0 Å². The first kappa shape index (κ1) is 20.1. The van der Waals surface area contributed by atoms with Gasteiger partial charge in [-0.25, -0.2) is 9.78 Å². The summed E-state index contributed by atoms with van der Waals surface area (Å²) in [7, 11) is 0. The van der Waals surface area contributed by atoms with E-state index in [1.165, 1.54) is 0 Å². The highest BCUT2D eigenvalue weighted by atomic mass is 16.5. The van der Waals surface area contributed by atoms with Gasteiger partial charge in [-0.05, 0) is 49.7 Å². The standard InChI is InChI=1S/C22H23N3O4/c1-3-19(21(26)25-17-9-11-18(12-10-17)28-4-2)29-22(27)16-7-5-15(6-8-16)20-23-13-14-24-20/h5-14,19H,3-4H2,1-2H3,(H,23,24)(H,25,26). The fourth-order valence-electron chi connectivity index (χ4n) is 2.73. The van der Waals surface area contributed by atoms with Crippen LogP contribution in [0.25, 0.3) is 11.4 Å². The second-order valence-corrected chi connectivity index (χ2v) is 6.26. The van der Waals surface area contributed by atoms with Crippen molar-refractivity contribution in [2.75, 3.05) is 11.9 Å². The second kappa shape index (κ2) is 9.54. The Hall–Kier alpha value is -3.61. The Bertz CT molecular complexity index is 935. The molecule has 0 saturated carbocycles. The Kier molecular flexibility index (Phi) is 6.63. The third kappa shape index (κ3) is 5.22. The van der Waals surface area contributed by atoms with Crippen molar-refractivity contribution in [3.8, 4) is 17.1 Å². The number of ether oxygens (including phenoxy) is 2. The van der Waals surface area contributed by atoms with Crippen LogP contribution in [-0.2, 0) is 9.53 Å². The summed E-state index contributed by atoms with van der Waals surface area (Å²) >= 11 is 0. The molecule has 0 radical (unpaired) electrons. The normalized spacial score (nSPS) is 11.5. The average molecular weight is 393 g/mol. The lowest BCUT2D eigenvalue weighted by molar-refractivity contribution is -0.124. The third-order valence-electron chi connectivity index (χ3n) is 4.24. The molecule has 0 saturated heterocycles. The molecule has 3 rings (SSSR count). The first-order chi connectivity index (χ1) is 14.1. The highest BCUT2D eigenvalue weighted by Gasteiger charge is 2.22. The second-order valence-electron chi connectivity index (χ2n) is 6.26. The van der Waals surface area contributed by atoms with Crippen LogP contribution in [0.15, 0.2) is 60.9 Å². The summed E-state index contributed by atoms with van der Waals surface area (Å²) in [6, 6.07) is 13.9. The maximum absolute atomic E-state index is 12.5. The molecule has 0 aliphatic carbocycles. The number of esters is 1. The van der Waals surface area contributed by atoms with E-state index in [1.807, 2.05) is 6.92 Å². The summed E-state index contributed by atoms with van der Waals surface area (Å²) in [6.45, 7) is 4.26. The number of nitrogens with zero attached hydrogens (tertiary/aromatic N) is 1. The lowest BCUT2D eigenvalue weighted by atomic mass is 10.1. The van der Waals surface area contributed by atoms with Crippen LogP contribution in [0.5, 0.6) is 5.75 Å². The Labute approximate surface area is 169 Å². The molecular formula is C22H23N3O4. The number of H-pyrrole nitrogens is 1. The minimum atomic E-state index is -0.890. The quantitative estimate of drug-likeness (QED) is 0.563. The van der Waals surface area contributed by atoms with Crippen LogP contribution in [0.1, 0.15) is 30.6 Å². The Morgan fingerprint density at radius 2 is 1.79 bits per heavy atom. The zero-order chi connectivity index (χ0) is 20.6. The Balaban J connectivity index is 1.60. The highest BCUT2D eigenvalue weighted by molar-refractivity contribution is 5.97. The lowest BCUT2D eigenvalue weighted by Gasteiger charge is -2.16. The van der Waals surface area contributed by atoms with Gasteiger partial charge in [0.15, 0.2) is 6.10 Å². The van der Waals surface area contributed by atoms with E-state index in [2.05, 4.69) is 15.3 Å². The van der Waals surface area contributed by atoms with E-state index in [1.54, 1.807) is 67.8 Å². The fourth-order valence-corrected chi connectivity index (χ4v) is 2.73. The number of aromatic amines is 1. The van der Waals surface area contributed by atoms with Gasteiger partial charge in [0.2, 0.25) is 0 Å². The number of imidazole rings is 1. The Morgan fingerprint density at radius 1 is 1.07 bits per heavy atom. The molecule has 1 heterocycles. The third-order valence-corrected chi connectivity index (χ3v) is 4.24. The molecule has 0 aliphatic rings. The first-order valence-corrected chi connectivity index (χ1v) is 9.45. The zero-order valence-corrected chi connectivity index (χ0v) is 16.3. The molecule has 1 atom stereocenters. The van der Waals surface area contributed by atoms with Crippen LogP contribution < -0.4 is 10.1 Å². The van der Waals surface area contributed by atoms with Crippen LogP contribution in [0, 0.1) is 0 Å². The topological polar surface area (TPSA) is 93.3 Å². The molecule has 0 spiro atoms. The number of hydrogen-bond donors (Lipinski definition) is 2. The van der Waals surface area contributed by atoms with Crippen molar-refractivity contribution in [2.24, 2.45) is 0 Å². The van der Waals surface area contributed by atoms with Gasteiger partial charge in [0.1, 0.15) is 11.6 Å². The number of carbonyl (C=O) groups is 2. The molecule has 1 unspecified atom stereocenters. The van der Waals surface area contributed by atoms with Crippen molar-refractivity contribution >= 4 is 17.6 Å². The van der Waals surface area contributed by atoms with Gasteiger partial charge >= 0.3 is 5.97 Å². The maximum Gasteiger partial charge on any atom is 0.338 e. The van der Waals surface area contributed by atoms with Crippen molar-refractivity contribution in [3.63, 3.8) is 0 Å². The van der Waals surface area contributed by atoms with E-state index >= 15 is 0 Å². The molecule has 150 valence electrons. The van der Waals surface area contributed by atoms with Gasteiger partial charge in [0, 0.05) is 23.6 Å². The van der Waals surface area contributed by atoms with E-state index in [0.29, 0.717) is 30.1 Å². The van der Waals surface area contributed by atoms with Crippen molar-refractivity contribution in [3.05, 3.63) is 66.5 Å². The number of aromatic nitrogens is 2. The molecule has 1 aromatic heterocycles. The lowest BCUT2D eigenvalue weighted by Crippen LogP contribution is -2.32. The van der Waals surface area contributed by atoms with Gasteiger partial charge in [-0.3, -0.25) is 4.79 Å². The van der Waals surface area contributed by atoms with Crippen molar-refractivity contribution in [1.82, 2.24) is 9.97 Å². The molecule has 0 bridgehead atoms. The van der Waals surface area contributed by atoms with E-state index in [0.717, 1.165) is 11.3 Å². The maximum atomic E-state index is 12.5. The number of amides is 1. The van der Waals surface area contributed by atoms with Gasteiger partial charge in [-0.2, -0.15) is 0 Å². The average Bonchev–Trinajstić information content (AvgIpc) is 3.28. The van der Waals surface area contributed by atoms with E-state index < -0.39 is 12.1 Å². The number of benzene rings is 2. The summed E-state index contributed by atoms with van der Waals surface area (Å²) in [5.41, 5.74) is 1.83. The molecule has 29 heavy (non-hydrogen) atoms. The number of carbonyl (C=O) groups excluding carboxylic acids is 2. The summed E-state index contributed by atoms with van der Waals surface area (Å²) in [6.07, 6.45) is 2.86. The van der Waals surface area contributed by atoms with Crippen LogP contribution in [0.3, 0.4) is 0 Å². The molecule has 3 aromatic rings.